The van der Waals surface area contributed by atoms with Crippen LogP contribution in [0.2, 0.25) is 0 Å². The van der Waals surface area contributed by atoms with Crippen molar-refractivity contribution in [2.45, 2.75) is 0 Å². The zero-order chi connectivity index (χ0) is 23.5. The van der Waals surface area contributed by atoms with E-state index in [-0.39, 0.29) is 0 Å². The van der Waals surface area contributed by atoms with Crippen LogP contribution in [-0.2, 0) is 0 Å². The van der Waals surface area contributed by atoms with Crippen molar-refractivity contribution in [1.82, 2.24) is 0 Å². The molecular weight excluding hydrogens is 426 g/mol. The molecule has 0 saturated heterocycles. The molecular formula is C32H23N3. The lowest BCUT2D eigenvalue weighted by molar-refractivity contribution is 1.25. The van der Waals surface area contributed by atoms with Gasteiger partial charge in [0.05, 0.1) is 6.21 Å². The quantitative estimate of drug-likeness (QED) is 0.193. The summed E-state index contributed by atoms with van der Waals surface area (Å²) in [6.45, 7) is 0. The molecule has 0 aromatic heterocycles. The summed E-state index contributed by atoms with van der Waals surface area (Å²) in [6.07, 6.45) is 1.82. The first-order valence-corrected chi connectivity index (χ1v) is 11.7. The van der Waals surface area contributed by atoms with E-state index in [1.54, 1.807) is 0 Å². The zero-order valence-corrected chi connectivity index (χ0v) is 19.1. The second kappa shape index (κ2) is 9.24. The van der Waals surface area contributed by atoms with Gasteiger partial charge in [-0.25, -0.2) is 0 Å². The highest BCUT2D eigenvalue weighted by molar-refractivity contribution is 6.24. The Morgan fingerprint density at radius 1 is 0.429 bits per heavy atom. The van der Waals surface area contributed by atoms with Gasteiger partial charge in [-0.05, 0) is 53.1 Å². The van der Waals surface area contributed by atoms with E-state index in [1.807, 2.05) is 30.5 Å². The fraction of sp³-hybridized carbons (Fsp3) is 0. The monoisotopic (exact) mass is 449 g/mol. The number of fused-ring (bicyclic) bond motifs is 3. The van der Waals surface area contributed by atoms with Crippen LogP contribution in [-0.4, -0.2) is 11.9 Å². The molecule has 3 nitrogen and oxygen atoms in total. The summed E-state index contributed by atoms with van der Waals surface area (Å²) in [5.41, 5.74) is 9.92. The summed E-state index contributed by atoms with van der Waals surface area (Å²) < 4.78 is 0. The minimum atomic E-state index is 0.920. The molecule has 0 radical (unpaired) electrons. The highest BCUT2D eigenvalue weighted by Gasteiger charge is 2.23. The Morgan fingerprint density at radius 3 is 1.37 bits per heavy atom. The van der Waals surface area contributed by atoms with Gasteiger partial charge in [0.25, 0.3) is 0 Å². The smallest absolute Gasteiger partial charge is 0.101 e. The molecule has 3 heteroatoms. The van der Waals surface area contributed by atoms with Gasteiger partial charge in [0.15, 0.2) is 0 Å². The second-order valence-electron chi connectivity index (χ2n) is 8.38. The first kappa shape index (κ1) is 20.8. The third-order valence-corrected chi connectivity index (χ3v) is 6.20. The van der Waals surface area contributed by atoms with Crippen LogP contribution in [0.4, 0.5) is 17.1 Å². The SMILES string of the molecule is C(=NN=C1c2ccccc2-c2ccccc21)c1ccc(N(c2ccccc2)c2ccccc2)cc1. The fourth-order valence-corrected chi connectivity index (χ4v) is 4.57. The van der Waals surface area contributed by atoms with Crippen molar-refractivity contribution in [3.05, 3.63) is 150 Å². The predicted molar refractivity (Wildman–Crippen MR) is 146 cm³/mol. The molecule has 0 heterocycles. The van der Waals surface area contributed by atoms with Crippen molar-refractivity contribution in [3.8, 4) is 11.1 Å². The molecule has 0 spiro atoms. The number of benzene rings is 5. The minimum Gasteiger partial charge on any atom is -0.311 e. The van der Waals surface area contributed by atoms with Gasteiger partial charge < -0.3 is 4.90 Å². The third-order valence-electron chi connectivity index (χ3n) is 6.20. The molecule has 6 rings (SSSR count). The molecule has 0 unspecified atom stereocenters. The van der Waals surface area contributed by atoms with Crippen LogP contribution in [0.15, 0.2) is 144 Å². The Kier molecular flexibility index (Phi) is 5.50. The van der Waals surface area contributed by atoms with E-state index >= 15 is 0 Å². The van der Waals surface area contributed by atoms with Crippen LogP contribution in [0, 0.1) is 0 Å². The van der Waals surface area contributed by atoms with Crippen molar-refractivity contribution in [3.63, 3.8) is 0 Å². The molecule has 0 amide bonds. The maximum atomic E-state index is 4.63. The summed E-state index contributed by atoms with van der Waals surface area (Å²) in [5, 5.41) is 9.09. The third kappa shape index (κ3) is 4.04. The Hall–Kier alpha value is -4.76. The molecule has 166 valence electrons. The van der Waals surface area contributed by atoms with Crippen LogP contribution in [0.3, 0.4) is 0 Å². The van der Waals surface area contributed by atoms with Gasteiger partial charge in [0.1, 0.15) is 5.71 Å². The Bertz CT molecular complexity index is 1430. The molecule has 0 aliphatic heterocycles. The lowest BCUT2D eigenvalue weighted by atomic mass is 10.1. The van der Waals surface area contributed by atoms with Gasteiger partial charge in [-0.15, -0.1) is 5.10 Å². The van der Waals surface area contributed by atoms with Gasteiger partial charge in [-0.1, -0.05) is 97.1 Å². The molecule has 0 atom stereocenters. The maximum absolute atomic E-state index is 4.63. The summed E-state index contributed by atoms with van der Waals surface area (Å²) in [7, 11) is 0. The van der Waals surface area contributed by atoms with Gasteiger partial charge in [0, 0.05) is 28.2 Å². The maximum Gasteiger partial charge on any atom is 0.101 e. The lowest BCUT2D eigenvalue weighted by Crippen LogP contribution is -2.09. The summed E-state index contributed by atoms with van der Waals surface area (Å²) in [5.74, 6) is 0. The molecule has 35 heavy (non-hydrogen) atoms. The summed E-state index contributed by atoms with van der Waals surface area (Å²) in [4.78, 5) is 2.24. The topological polar surface area (TPSA) is 28.0 Å². The highest BCUT2D eigenvalue weighted by atomic mass is 15.2. The Balaban J connectivity index is 1.30. The number of nitrogens with zero attached hydrogens (tertiary/aromatic N) is 3. The lowest BCUT2D eigenvalue weighted by Gasteiger charge is -2.25. The standard InChI is InChI=1S/C32H23N3/c1-3-11-25(12-4-1)35(26-13-5-2-6-14-26)27-21-19-24(20-22-27)23-33-34-32-30-17-9-7-15-28(30)29-16-8-10-18-31(29)32/h1-23H. The van der Waals surface area contributed by atoms with E-state index in [4.69, 9.17) is 0 Å². The number of hydrogen-bond acceptors (Lipinski definition) is 3. The first-order chi connectivity index (χ1) is 17.4. The number of anilines is 3. The van der Waals surface area contributed by atoms with Crippen molar-refractivity contribution in [2.24, 2.45) is 10.2 Å². The average Bonchev–Trinajstić information content (AvgIpc) is 3.25. The van der Waals surface area contributed by atoms with Crippen LogP contribution >= 0.6 is 0 Å². The van der Waals surface area contributed by atoms with Gasteiger partial charge in [-0.2, -0.15) is 5.10 Å². The Labute approximate surface area is 205 Å². The van der Waals surface area contributed by atoms with E-state index in [9.17, 15) is 0 Å². The largest absolute Gasteiger partial charge is 0.311 e. The molecule has 0 N–H and O–H groups in total. The second-order valence-corrected chi connectivity index (χ2v) is 8.38. The molecule has 5 aromatic carbocycles. The van der Waals surface area contributed by atoms with E-state index in [1.165, 1.54) is 11.1 Å². The van der Waals surface area contributed by atoms with E-state index in [2.05, 4.69) is 124 Å². The van der Waals surface area contributed by atoms with Crippen molar-refractivity contribution >= 4 is 29.0 Å². The van der Waals surface area contributed by atoms with Crippen LogP contribution < -0.4 is 4.90 Å². The van der Waals surface area contributed by atoms with Crippen molar-refractivity contribution < 1.29 is 0 Å². The van der Waals surface area contributed by atoms with Crippen molar-refractivity contribution in [1.29, 1.82) is 0 Å². The molecule has 5 aromatic rings. The fourth-order valence-electron chi connectivity index (χ4n) is 4.57. The summed E-state index contributed by atoms with van der Waals surface area (Å²) in [6, 6.07) is 45.9. The minimum absolute atomic E-state index is 0.920. The number of para-hydroxylation sites is 2. The average molecular weight is 450 g/mol. The number of rotatable bonds is 5. The summed E-state index contributed by atoms with van der Waals surface area (Å²) >= 11 is 0. The Morgan fingerprint density at radius 2 is 0.857 bits per heavy atom. The van der Waals surface area contributed by atoms with Crippen LogP contribution in [0.1, 0.15) is 16.7 Å². The zero-order valence-electron chi connectivity index (χ0n) is 19.1. The molecule has 1 aliphatic carbocycles. The first-order valence-electron chi connectivity index (χ1n) is 11.7. The van der Waals surface area contributed by atoms with Crippen LogP contribution in [0.25, 0.3) is 11.1 Å². The molecule has 0 bridgehead atoms. The number of hydrogen-bond donors (Lipinski definition) is 0. The predicted octanol–water partition coefficient (Wildman–Crippen LogP) is 8.01. The van der Waals surface area contributed by atoms with Gasteiger partial charge in [0.2, 0.25) is 0 Å². The van der Waals surface area contributed by atoms with E-state index < -0.39 is 0 Å². The molecule has 0 fully saturated rings. The van der Waals surface area contributed by atoms with E-state index in [0.717, 1.165) is 39.5 Å². The van der Waals surface area contributed by atoms with Crippen molar-refractivity contribution in [2.75, 3.05) is 4.90 Å². The van der Waals surface area contributed by atoms with Crippen LogP contribution in [0.5, 0.6) is 0 Å². The van der Waals surface area contributed by atoms with Gasteiger partial charge in [-0.3, -0.25) is 0 Å². The van der Waals surface area contributed by atoms with E-state index in [0.29, 0.717) is 0 Å². The molecule has 1 aliphatic rings. The highest BCUT2D eigenvalue weighted by Crippen LogP contribution is 2.37. The normalized spacial score (nSPS) is 11.8. The molecule has 0 saturated carbocycles. The van der Waals surface area contributed by atoms with Gasteiger partial charge >= 0.3 is 0 Å².